The Morgan fingerprint density at radius 3 is 2.62 bits per heavy atom. The molecular formula is C13H10Br2ClN3O2. The normalized spacial score (nSPS) is 10.3. The van der Waals surface area contributed by atoms with E-state index in [4.69, 9.17) is 16.3 Å². The van der Waals surface area contributed by atoms with E-state index in [9.17, 15) is 4.79 Å². The Morgan fingerprint density at radius 1 is 1.29 bits per heavy atom. The zero-order valence-corrected chi connectivity index (χ0v) is 15.0. The van der Waals surface area contributed by atoms with Gasteiger partial charge >= 0.3 is 0 Å². The Balaban J connectivity index is 2.50. The monoisotopic (exact) mass is 433 g/mol. The van der Waals surface area contributed by atoms with Crippen LogP contribution in [0.15, 0.2) is 21.1 Å². The van der Waals surface area contributed by atoms with Gasteiger partial charge in [-0.1, -0.05) is 11.6 Å². The average Bonchev–Trinajstić information content (AvgIpc) is 2.41. The van der Waals surface area contributed by atoms with Crippen LogP contribution in [-0.2, 0) is 0 Å². The van der Waals surface area contributed by atoms with E-state index in [1.807, 2.05) is 6.07 Å². The lowest BCUT2D eigenvalue weighted by Gasteiger charge is -2.13. The Kier molecular flexibility index (Phi) is 5.18. The number of aromatic nitrogens is 2. The van der Waals surface area contributed by atoms with Gasteiger partial charge in [-0.15, -0.1) is 0 Å². The van der Waals surface area contributed by atoms with Gasteiger partial charge in [-0.25, -0.2) is 9.97 Å². The zero-order chi connectivity index (χ0) is 15.6. The van der Waals surface area contributed by atoms with Crippen molar-refractivity contribution in [2.75, 3.05) is 12.4 Å². The fourth-order valence-electron chi connectivity index (χ4n) is 1.66. The summed E-state index contributed by atoms with van der Waals surface area (Å²) in [6.07, 6.45) is 0.619. The standard InChI is InChI=1S/C13H10Br2ClN3O2/c1-6-17-12(16)7(5-20)13(18-6)19-10-4-11(21-2)9(15)3-8(10)14/h3-5H,1-2H3,(H,17,18,19). The number of carbonyl (C=O) groups is 1. The van der Waals surface area contributed by atoms with E-state index in [2.05, 4.69) is 47.1 Å². The predicted molar refractivity (Wildman–Crippen MR) is 88.8 cm³/mol. The molecule has 2 rings (SSSR count). The van der Waals surface area contributed by atoms with Crippen LogP contribution in [0.4, 0.5) is 11.5 Å². The van der Waals surface area contributed by atoms with E-state index in [-0.39, 0.29) is 10.7 Å². The maximum Gasteiger partial charge on any atom is 0.156 e. The van der Waals surface area contributed by atoms with E-state index in [0.29, 0.717) is 29.4 Å². The number of nitrogens with one attached hydrogen (secondary N) is 1. The Labute approximate surface area is 143 Å². The van der Waals surface area contributed by atoms with Gasteiger partial charge in [0.25, 0.3) is 0 Å². The first-order chi connectivity index (χ1) is 9.96. The molecule has 0 saturated heterocycles. The molecule has 0 spiro atoms. The molecule has 1 N–H and O–H groups in total. The van der Waals surface area contributed by atoms with Crippen LogP contribution < -0.4 is 10.1 Å². The van der Waals surface area contributed by atoms with Gasteiger partial charge in [0.05, 0.1) is 22.8 Å². The molecule has 0 aliphatic heterocycles. The van der Waals surface area contributed by atoms with Crippen LogP contribution in [0.5, 0.6) is 5.75 Å². The summed E-state index contributed by atoms with van der Waals surface area (Å²) < 4.78 is 6.82. The molecule has 8 heteroatoms. The maximum atomic E-state index is 11.2. The van der Waals surface area contributed by atoms with Crippen LogP contribution in [0.1, 0.15) is 16.2 Å². The van der Waals surface area contributed by atoms with Gasteiger partial charge in [0.1, 0.15) is 22.5 Å². The number of carbonyl (C=O) groups excluding carboxylic acids is 1. The van der Waals surface area contributed by atoms with E-state index < -0.39 is 0 Å². The molecule has 110 valence electrons. The molecule has 0 amide bonds. The number of hydrogen-bond acceptors (Lipinski definition) is 5. The van der Waals surface area contributed by atoms with Crippen molar-refractivity contribution < 1.29 is 9.53 Å². The molecule has 0 atom stereocenters. The van der Waals surface area contributed by atoms with Crippen molar-refractivity contribution in [3.05, 3.63) is 37.6 Å². The first-order valence-corrected chi connectivity index (χ1v) is 7.72. The smallest absolute Gasteiger partial charge is 0.156 e. The number of nitrogens with zero attached hydrogens (tertiary/aromatic N) is 2. The van der Waals surface area contributed by atoms with E-state index in [1.165, 1.54) is 0 Å². The molecular weight excluding hydrogens is 425 g/mol. The van der Waals surface area contributed by atoms with Gasteiger partial charge in [-0.2, -0.15) is 0 Å². The summed E-state index contributed by atoms with van der Waals surface area (Å²) >= 11 is 12.8. The molecule has 21 heavy (non-hydrogen) atoms. The van der Waals surface area contributed by atoms with Gasteiger partial charge in [0, 0.05) is 10.5 Å². The number of hydrogen-bond donors (Lipinski definition) is 1. The van der Waals surface area contributed by atoms with E-state index in [1.54, 1.807) is 20.1 Å². The van der Waals surface area contributed by atoms with Gasteiger partial charge in [-0.3, -0.25) is 4.79 Å². The van der Waals surface area contributed by atoms with Crippen LogP contribution in [0.25, 0.3) is 0 Å². The number of aryl methyl sites for hydroxylation is 1. The summed E-state index contributed by atoms with van der Waals surface area (Å²) in [5.74, 6) is 1.45. The molecule has 2 aromatic rings. The SMILES string of the molecule is COc1cc(Nc2nc(C)nc(Cl)c2C=O)c(Br)cc1Br. The molecule has 0 aliphatic carbocycles. The van der Waals surface area contributed by atoms with Crippen molar-refractivity contribution in [2.24, 2.45) is 0 Å². The second-order valence-electron chi connectivity index (χ2n) is 4.03. The highest BCUT2D eigenvalue weighted by atomic mass is 79.9. The summed E-state index contributed by atoms with van der Waals surface area (Å²) in [5.41, 5.74) is 0.892. The minimum atomic E-state index is 0.111. The highest BCUT2D eigenvalue weighted by molar-refractivity contribution is 9.11. The fourth-order valence-corrected chi connectivity index (χ4v) is 3.17. The first kappa shape index (κ1) is 16.2. The van der Waals surface area contributed by atoms with Crippen LogP contribution in [0, 0.1) is 6.92 Å². The minimum absolute atomic E-state index is 0.111. The quantitative estimate of drug-likeness (QED) is 0.565. The van der Waals surface area contributed by atoms with Gasteiger partial charge in [0.15, 0.2) is 6.29 Å². The molecule has 0 bridgehead atoms. The topological polar surface area (TPSA) is 64.1 Å². The molecule has 0 radical (unpaired) electrons. The second-order valence-corrected chi connectivity index (χ2v) is 6.10. The Bertz CT molecular complexity index is 710. The van der Waals surface area contributed by atoms with Crippen molar-refractivity contribution >= 4 is 61.3 Å². The maximum absolute atomic E-state index is 11.2. The van der Waals surface area contributed by atoms with Crippen molar-refractivity contribution in [1.82, 2.24) is 9.97 Å². The molecule has 5 nitrogen and oxygen atoms in total. The third-order valence-corrected chi connectivity index (χ3v) is 4.19. The number of halogens is 3. The van der Waals surface area contributed by atoms with Crippen molar-refractivity contribution in [1.29, 1.82) is 0 Å². The largest absolute Gasteiger partial charge is 0.495 e. The van der Waals surface area contributed by atoms with Crippen LogP contribution in [0.2, 0.25) is 5.15 Å². The van der Waals surface area contributed by atoms with Crippen LogP contribution >= 0.6 is 43.5 Å². The first-order valence-electron chi connectivity index (χ1n) is 5.75. The van der Waals surface area contributed by atoms with Crippen molar-refractivity contribution in [2.45, 2.75) is 6.92 Å². The fraction of sp³-hybridized carbons (Fsp3) is 0.154. The molecule has 1 aromatic carbocycles. The molecule has 1 heterocycles. The molecule has 0 fully saturated rings. The molecule has 0 saturated carbocycles. The third-order valence-electron chi connectivity index (χ3n) is 2.62. The van der Waals surface area contributed by atoms with E-state index in [0.717, 1.165) is 8.95 Å². The second kappa shape index (κ2) is 6.72. The van der Waals surface area contributed by atoms with Gasteiger partial charge in [0.2, 0.25) is 0 Å². The van der Waals surface area contributed by atoms with Crippen molar-refractivity contribution in [3.8, 4) is 5.75 Å². The molecule has 0 unspecified atom stereocenters. The number of anilines is 2. The highest BCUT2D eigenvalue weighted by Crippen LogP contribution is 2.36. The third kappa shape index (κ3) is 3.53. The average molecular weight is 436 g/mol. The number of aldehydes is 1. The molecule has 1 aromatic heterocycles. The number of rotatable bonds is 4. The lowest BCUT2D eigenvalue weighted by molar-refractivity contribution is 0.112. The summed E-state index contributed by atoms with van der Waals surface area (Å²) in [6.45, 7) is 1.70. The van der Waals surface area contributed by atoms with Crippen LogP contribution in [0.3, 0.4) is 0 Å². The lowest BCUT2D eigenvalue weighted by atomic mass is 10.2. The summed E-state index contributed by atoms with van der Waals surface area (Å²) in [5, 5.41) is 3.17. The van der Waals surface area contributed by atoms with Gasteiger partial charge < -0.3 is 10.1 Å². The zero-order valence-electron chi connectivity index (χ0n) is 11.1. The Morgan fingerprint density at radius 2 is 2.00 bits per heavy atom. The summed E-state index contributed by atoms with van der Waals surface area (Å²) in [4.78, 5) is 19.3. The summed E-state index contributed by atoms with van der Waals surface area (Å²) in [7, 11) is 1.57. The lowest BCUT2D eigenvalue weighted by Crippen LogP contribution is -2.04. The van der Waals surface area contributed by atoms with E-state index >= 15 is 0 Å². The van der Waals surface area contributed by atoms with Crippen molar-refractivity contribution in [3.63, 3.8) is 0 Å². The highest BCUT2D eigenvalue weighted by Gasteiger charge is 2.14. The Hall–Kier alpha value is -1.18. The van der Waals surface area contributed by atoms with Crippen LogP contribution in [-0.4, -0.2) is 23.4 Å². The number of benzene rings is 1. The summed E-state index contributed by atoms with van der Waals surface area (Å²) in [6, 6.07) is 3.60. The number of ether oxygens (including phenoxy) is 1. The minimum Gasteiger partial charge on any atom is -0.495 e. The number of methoxy groups -OCH3 is 1. The van der Waals surface area contributed by atoms with Gasteiger partial charge in [-0.05, 0) is 44.8 Å². The predicted octanol–water partition coefficient (Wildman–Crippen LogP) is 4.53. The molecule has 0 aliphatic rings.